The quantitative estimate of drug-likeness (QED) is 0.512. The standard InChI is InChI=1S/C6H12N2.ClH/c7-5-3-6(5)1-2-8-4-6;/h5,8H,1-4,7H2;1H/t5-,6-;/m1./s1. The minimum atomic E-state index is 0. The first-order valence-electron chi connectivity index (χ1n) is 3.30. The maximum atomic E-state index is 5.72. The van der Waals surface area contributed by atoms with Crippen LogP contribution in [0.2, 0.25) is 0 Å². The van der Waals surface area contributed by atoms with Crippen molar-refractivity contribution in [2.75, 3.05) is 13.1 Å². The predicted octanol–water partition coefficient (Wildman–Crippen LogP) is 0.119. The second-order valence-electron chi connectivity index (χ2n) is 3.10. The van der Waals surface area contributed by atoms with E-state index in [2.05, 4.69) is 5.32 Å². The molecule has 1 saturated heterocycles. The summed E-state index contributed by atoms with van der Waals surface area (Å²) in [5, 5.41) is 3.33. The van der Waals surface area contributed by atoms with Crippen molar-refractivity contribution in [1.29, 1.82) is 0 Å². The van der Waals surface area contributed by atoms with Crippen LogP contribution in [0.4, 0.5) is 0 Å². The summed E-state index contributed by atoms with van der Waals surface area (Å²) in [6.07, 6.45) is 2.58. The Morgan fingerprint density at radius 2 is 2.22 bits per heavy atom. The highest BCUT2D eigenvalue weighted by molar-refractivity contribution is 5.85. The van der Waals surface area contributed by atoms with Crippen molar-refractivity contribution in [3.63, 3.8) is 0 Å². The summed E-state index contributed by atoms with van der Waals surface area (Å²) in [5.41, 5.74) is 6.29. The van der Waals surface area contributed by atoms with E-state index in [0.717, 1.165) is 0 Å². The number of hydrogen-bond acceptors (Lipinski definition) is 2. The van der Waals surface area contributed by atoms with Gasteiger partial charge in [0.05, 0.1) is 0 Å². The van der Waals surface area contributed by atoms with Gasteiger partial charge in [-0.1, -0.05) is 0 Å². The Balaban J connectivity index is 0.000000405. The van der Waals surface area contributed by atoms with Gasteiger partial charge in [-0.05, 0) is 19.4 Å². The number of hydrogen-bond donors (Lipinski definition) is 2. The van der Waals surface area contributed by atoms with Crippen LogP contribution in [0.25, 0.3) is 0 Å². The van der Waals surface area contributed by atoms with E-state index < -0.39 is 0 Å². The zero-order chi connectivity index (χ0) is 5.61. The molecule has 1 heterocycles. The van der Waals surface area contributed by atoms with Gasteiger partial charge in [-0.3, -0.25) is 0 Å². The molecule has 2 nitrogen and oxygen atoms in total. The van der Waals surface area contributed by atoms with Crippen LogP contribution in [0, 0.1) is 5.41 Å². The van der Waals surface area contributed by atoms with Crippen LogP contribution in [-0.4, -0.2) is 19.1 Å². The average Bonchev–Trinajstić information content (AvgIpc) is 2.29. The molecule has 1 aliphatic heterocycles. The number of rotatable bonds is 0. The lowest BCUT2D eigenvalue weighted by Gasteiger charge is -2.00. The highest BCUT2D eigenvalue weighted by atomic mass is 35.5. The van der Waals surface area contributed by atoms with Gasteiger partial charge in [-0.25, -0.2) is 0 Å². The van der Waals surface area contributed by atoms with Gasteiger partial charge in [0.15, 0.2) is 0 Å². The highest BCUT2D eigenvalue weighted by Crippen LogP contribution is 2.48. The fourth-order valence-electron chi connectivity index (χ4n) is 1.63. The Labute approximate surface area is 61.6 Å². The van der Waals surface area contributed by atoms with Crippen molar-refractivity contribution < 1.29 is 0 Å². The van der Waals surface area contributed by atoms with E-state index in [1.165, 1.54) is 25.9 Å². The van der Waals surface area contributed by atoms with Crippen LogP contribution in [0.5, 0.6) is 0 Å². The Bertz CT molecular complexity index is 110. The smallest absolute Gasteiger partial charge is 0.0115 e. The molecule has 2 atom stereocenters. The van der Waals surface area contributed by atoms with Crippen molar-refractivity contribution in [2.45, 2.75) is 18.9 Å². The third-order valence-electron chi connectivity index (χ3n) is 2.53. The summed E-state index contributed by atoms with van der Waals surface area (Å²) in [6, 6.07) is 0.525. The first-order chi connectivity index (χ1) is 3.83. The molecular formula is C6H13ClN2. The van der Waals surface area contributed by atoms with Gasteiger partial charge in [0.2, 0.25) is 0 Å². The molecule has 54 valence electrons. The lowest BCUT2D eigenvalue weighted by molar-refractivity contribution is 0.547. The molecule has 0 amide bonds. The maximum absolute atomic E-state index is 5.72. The van der Waals surface area contributed by atoms with Crippen molar-refractivity contribution in [1.82, 2.24) is 5.32 Å². The molecule has 1 spiro atoms. The number of halogens is 1. The van der Waals surface area contributed by atoms with Crippen molar-refractivity contribution >= 4 is 12.4 Å². The van der Waals surface area contributed by atoms with Crippen LogP contribution in [0.3, 0.4) is 0 Å². The monoisotopic (exact) mass is 148 g/mol. The highest BCUT2D eigenvalue weighted by Gasteiger charge is 2.52. The summed E-state index contributed by atoms with van der Waals surface area (Å²) in [7, 11) is 0. The fraction of sp³-hybridized carbons (Fsp3) is 1.00. The minimum Gasteiger partial charge on any atom is -0.327 e. The summed E-state index contributed by atoms with van der Waals surface area (Å²) < 4.78 is 0. The Morgan fingerprint density at radius 3 is 2.44 bits per heavy atom. The average molecular weight is 149 g/mol. The van der Waals surface area contributed by atoms with Crippen LogP contribution in [-0.2, 0) is 0 Å². The molecule has 1 aliphatic carbocycles. The number of nitrogens with two attached hydrogens (primary N) is 1. The third-order valence-corrected chi connectivity index (χ3v) is 2.53. The largest absolute Gasteiger partial charge is 0.327 e. The molecule has 3 heteroatoms. The molecule has 2 rings (SSSR count). The van der Waals surface area contributed by atoms with Crippen LogP contribution < -0.4 is 11.1 Å². The summed E-state index contributed by atoms with van der Waals surface area (Å²) >= 11 is 0. The van der Waals surface area contributed by atoms with E-state index in [-0.39, 0.29) is 12.4 Å². The molecule has 2 aliphatic rings. The van der Waals surface area contributed by atoms with Crippen molar-refractivity contribution in [3.05, 3.63) is 0 Å². The number of nitrogens with one attached hydrogen (secondary N) is 1. The van der Waals surface area contributed by atoms with E-state index in [4.69, 9.17) is 5.73 Å². The van der Waals surface area contributed by atoms with E-state index in [1.54, 1.807) is 0 Å². The second kappa shape index (κ2) is 2.11. The molecule has 0 aromatic heterocycles. The molecule has 9 heavy (non-hydrogen) atoms. The molecule has 0 bridgehead atoms. The summed E-state index contributed by atoms with van der Waals surface area (Å²) in [5.74, 6) is 0. The lowest BCUT2D eigenvalue weighted by Crippen LogP contribution is -2.16. The molecule has 1 saturated carbocycles. The SMILES string of the molecule is Cl.N[C@@H]1C[C@@]12CCNC2. The van der Waals surface area contributed by atoms with Gasteiger partial charge in [0, 0.05) is 18.0 Å². The molecule has 0 radical (unpaired) electrons. The Kier molecular flexibility index (Phi) is 1.72. The zero-order valence-corrected chi connectivity index (χ0v) is 6.21. The lowest BCUT2D eigenvalue weighted by atomic mass is 10.1. The molecule has 2 fully saturated rings. The maximum Gasteiger partial charge on any atom is 0.0115 e. The van der Waals surface area contributed by atoms with Crippen molar-refractivity contribution in [2.24, 2.45) is 11.1 Å². The molecule has 3 N–H and O–H groups in total. The summed E-state index contributed by atoms with van der Waals surface area (Å²) in [4.78, 5) is 0. The van der Waals surface area contributed by atoms with Crippen LogP contribution in [0.15, 0.2) is 0 Å². The first-order valence-corrected chi connectivity index (χ1v) is 3.30. The normalized spacial score (nSPS) is 47.0. The van der Waals surface area contributed by atoms with E-state index in [9.17, 15) is 0 Å². The van der Waals surface area contributed by atoms with E-state index >= 15 is 0 Å². The van der Waals surface area contributed by atoms with E-state index in [1.807, 2.05) is 0 Å². The van der Waals surface area contributed by atoms with Crippen molar-refractivity contribution in [3.8, 4) is 0 Å². The molecule has 0 aromatic carbocycles. The molecule has 0 unspecified atom stereocenters. The van der Waals surface area contributed by atoms with Gasteiger partial charge in [-0.15, -0.1) is 12.4 Å². The predicted molar refractivity (Wildman–Crippen MR) is 39.8 cm³/mol. The second-order valence-corrected chi connectivity index (χ2v) is 3.10. The topological polar surface area (TPSA) is 38.0 Å². The molecular weight excluding hydrogens is 136 g/mol. The molecule has 0 aromatic rings. The van der Waals surface area contributed by atoms with Gasteiger partial charge in [0.1, 0.15) is 0 Å². The summed E-state index contributed by atoms with van der Waals surface area (Å²) in [6.45, 7) is 2.36. The van der Waals surface area contributed by atoms with Gasteiger partial charge >= 0.3 is 0 Å². The minimum absolute atomic E-state index is 0. The van der Waals surface area contributed by atoms with E-state index in [0.29, 0.717) is 11.5 Å². The van der Waals surface area contributed by atoms with Crippen LogP contribution in [0.1, 0.15) is 12.8 Å². The Hall–Kier alpha value is 0.210. The Morgan fingerprint density at radius 1 is 1.56 bits per heavy atom. The zero-order valence-electron chi connectivity index (χ0n) is 5.39. The van der Waals surface area contributed by atoms with Gasteiger partial charge < -0.3 is 11.1 Å². The van der Waals surface area contributed by atoms with Gasteiger partial charge in [-0.2, -0.15) is 0 Å². The third kappa shape index (κ3) is 0.955. The van der Waals surface area contributed by atoms with Gasteiger partial charge in [0.25, 0.3) is 0 Å². The fourth-order valence-corrected chi connectivity index (χ4v) is 1.63. The van der Waals surface area contributed by atoms with Crippen LogP contribution >= 0.6 is 12.4 Å². The first kappa shape index (κ1) is 7.32.